The van der Waals surface area contributed by atoms with Crippen LogP contribution >= 0.6 is 0 Å². The number of benzene rings is 3. The Bertz CT molecular complexity index is 1120. The molecule has 1 N–H and O–H groups in total. The van der Waals surface area contributed by atoms with Crippen LogP contribution < -0.4 is 9.80 Å². The van der Waals surface area contributed by atoms with Gasteiger partial charge in [0.1, 0.15) is 0 Å². The van der Waals surface area contributed by atoms with Gasteiger partial charge in [0.25, 0.3) is 0 Å². The highest BCUT2D eigenvalue weighted by molar-refractivity contribution is 5.74. The van der Waals surface area contributed by atoms with Gasteiger partial charge in [0.05, 0.1) is 29.5 Å². The molecular formula is C25H22F6N2O. The molecule has 0 bridgehead atoms. The van der Waals surface area contributed by atoms with Gasteiger partial charge in [-0.15, -0.1) is 0 Å². The van der Waals surface area contributed by atoms with Crippen LogP contribution in [0.5, 0.6) is 0 Å². The van der Waals surface area contributed by atoms with Crippen LogP contribution in [0.4, 0.5) is 37.7 Å². The van der Waals surface area contributed by atoms with E-state index in [1.54, 1.807) is 60.7 Å². The summed E-state index contributed by atoms with van der Waals surface area (Å²) in [6, 6.07) is 20.1. The molecule has 180 valence electrons. The number of fused-ring (bicyclic) bond motifs is 1. The normalized spacial score (nSPS) is 17.4. The van der Waals surface area contributed by atoms with Gasteiger partial charge in [-0.1, -0.05) is 54.6 Å². The van der Waals surface area contributed by atoms with Crippen LogP contribution in [0.15, 0.2) is 78.9 Å². The van der Waals surface area contributed by atoms with E-state index in [0.29, 0.717) is 16.9 Å². The summed E-state index contributed by atoms with van der Waals surface area (Å²) >= 11 is 0. The van der Waals surface area contributed by atoms with Crippen LogP contribution in [0.25, 0.3) is 0 Å². The molecule has 1 aliphatic heterocycles. The topological polar surface area (TPSA) is 26.7 Å². The third-order valence-electron chi connectivity index (χ3n) is 5.86. The Morgan fingerprint density at radius 1 is 0.824 bits per heavy atom. The minimum atomic E-state index is -4.79. The van der Waals surface area contributed by atoms with E-state index in [2.05, 4.69) is 0 Å². The Morgan fingerprint density at radius 3 is 2.12 bits per heavy atom. The van der Waals surface area contributed by atoms with E-state index in [0.717, 1.165) is 17.7 Å². The molecule has 9 heteroatoms. The lowest BCUT2D eigenvalue weighted by Crippen LogP contribution is -2.49. The summed E-state index contributed by atoms with van der Waals surface area (Å²) < 4.78 is 79.3. The minimum absolute atomic E-state index is 0.139. The first-order valence-electron chi connectivity index (χ1n) is 10.6. The highest BCUT2D eigenvalue weighted by Gasteiger charge is 2.42. The number of aliphatic hydroxyl groups excluding tert-OH is 1. The zero-order valence-corrected chi connectivity index (χ0v) is 17.9. The van der Waals surface area contributed by atoms with Gasteiger partial charge in [0.2, 0.25) is 0 Å². The van der Waals surface area contributed by atoms with E-state index in [1.807, 2.05) is 4.90 Å². The van der Waals surface area contributed by atoms with Crippen LogP contribution in [-0.4, -0.2) is 30.5 Å². The second kappa shape index (κ2) is 9.21. The van der Waals surface area contributed by atoms with Crippen molar-refractivity contribution < 1.29 is 31.4 Å². The molecular weight excluding hydrogens is 458 g/mol. The van der Waals surface area contributed by atoms with Crippen molar-refractivity contribution in [2.24, 2.45) is 0 Å². The molecule has 0 aliphatic carbocycles. The smallest absolute Gasteiger partial charge is 0.382 e. The molecule has 0 aromatic heterocycles. The zero-order valence-electron chi connectivity index (χ0n) is 17.9. The number of hydrogen-bond donors (Lipinski definition) is 1. The first-order chi connectivity index (χ1) is 16.0. The highest BCUT2D eigenvalue weighted by Crippen LogP contribution is 2.42. The third-order valence-corrected chi connectivity index (χ3v) is 5.86. The number of halogens is 6. The molecule has 0 amide bonds. The summed E-state index contributed by atoms with van der Waals surface area (Å²) in [7, 11) is 0. The summed E-state index contributed by atoms with van der Waals surface area (Å²) in [6.45, 7) is -0.306. The number of nitrogens with zero attached hydrogens (tertiary/aromatic N) is 2. The zero-order chi connectivity index (χ0) is 24.5. The van der Waals surface area contributed by atoms with E-state index in [1.165, 1.54) is 11.0 Å². The molecule has 1 aliphatic rings. The lowest BCUT2D eigenvalue weighted by atomic mass is 9.98. The van der Waals surface area contributed by atoms with Crippen LogP contribution in [0.1, 0.15) is 22.7 Å². The summed E-state index contributed by atoms with van der Waals surface area (Å²) in [4.78, 5) is 3.38. The molecule has 4 rings (SSSR count). The fourth-order valence-electron chi connectivity index (χ4n) is 4.24. The van der Waals surface area contributed by atoms with Crippen molar-refractivity contribution in [2.75, 3.05) is 22.9 Å². The molecule has 0 fully saturated rings. The van der Waals surface area contributed by atoms with Gasteiger partial charge >= 0.3 is 12.4 Å². The maximum Gasteiger partial charge on any atom is 0.416 e. The van der Waals surface area contributed by atoms with Gasteiger partial charge in [0, 0.05) is 13.1 Å². The highest BCUT2D eigenvalue weighted by atomic mass is 19.4. The lowest BCUT2D eigenvalue weighted by molar-refractivity contribution is -0.200. The SMILES string of the molecule is O[C@H](CN1c2ccccc2N(Cc2cccc(C(F)(F)F)c2)C[C@@H]1c1ccccc1)C(F)(F)F. The fourth-order valence-corrected chi connectivity index (χ4v) is 4.24. The number of aliphatic hydroxyl groups is 1. The van der Waals surface area contributed by atoms with E-state index < -0.39 is 36.6 Å². The molecule has 2 atom stereocenters. The Kier molecular flexibility index (Phi) is 6.49. The Hall–Kier alpha value is -3.20. The van der Waals surface area contributed by atoms with Gasteiger partial charge < -0.3 is 14.9 Å². The molecule has 0 spiro atoms. The third kappa shape index (κ3) is 5.14. The minimum Gasteiger partial charge on any atom is -0.382 e. The predicted octanol–water partition coefficient (Wildman–Crippen LogP) is 6.20. The monoisotopic (exact) mass is 480 g/mol. The van der Waals surface area contributed by atoms with Crippen molar-refractivity contribution in [3.8, 4) is 0 Å². The van der Waals surface area contributed by atoms with Crippen molar-refractivity contribution in [3.63, 3.8) is 0 Å². The average Bonchev–Trinajstić information content (AvgIpc) is 2.80. The van der Waals surface area contributed by atoms with Crippen LogP contribution in [-0.2, 0) is 12.7 Å². The summed E-state index contributed by atoms with van der Waals surface area (Å²) in [6.07, 6.45) is -11.8. The van der Waals surface area contributed by atoms with Crippen LogP contribution in [0.3, 0.4) is 0 Å². The van der Waals surface area contributed by atoms with E-state index in [-0.39, 0.29) is 13.1 Å². The van der Waals surface area contributed by atoms with Gasteiger partial charge in [-0.05, 0) is 35.4 Å². The van der Waals surface area contributed by atoms with Crippen molar-refractivity contribution in [1.29, 1.82) is 0 Å². The van der Waals surface area contributed by atoms with Crippen molar-refractivity contribution >= 4 is 11.4 Å². The maximum atomic E-state index is 13.2. The standard InChI is InChI=1S/C25H22F6N2O/c26-24(27,28)19-10-6-7-17(13-19)14-32-15-22(18-8-2-1-3-9-18)33(16-23(34)25(29,30)31)21-12-5-4-11-20(21)32/h1-13,22-23,34H,14-16H2/t22-,23-/m1/s1. The molecule has 0 saturated heterocycles. The molecule has 3 aromatic rings. The summed E-state index contributed by atoms with van der Waals surface area (Å²) in [5, 5.41) is 9.85. The van der Waals surface area contributed by atoms with Gasteiger partial charge in [-0.25, -0.2) is 0 Å². The average molecular weight is 480 g/mol. The molecule has 34 heavy (non-hydrogen) atoms. The largest absolute Gasteiger partial charge is 0.416 e. The second-order valence-corrected chi connectivity index (χ2v) is 8.20. The van der Waals surface area contributed by atoms with Crippen molar-refractivity contribution in [1.82, 2.24) is 0 Å². The number of anilines is 2. The second-order valence-electron chi connectivity index (χ2n) is 8.20. The van der Waals surface area contributed by atoms with Gasteiger partial charge in [0.15, 0.2) is 6.10 Å². The van der Waals surface area contributed by atoms with Crippen molar-refractivity contribution in [2.45, 2.75) is 31.0 Å². The number of alkyl halides is 6. The fraction of sp³-hybridized carbons (Fsp3) is 0.280. The number of hydrogen-bond acceptors (Lipinski definition) is 3. The number of β-amino-alcohol motifs (C(OH)–C–C–N with tert-alkyl or cyclic N) is 1. The van der Waals surface area contributed by atoms with E-state index >= 15 is 0 Å². The molecule has 0 radical (unpaired) electrons. The molecule has 1 heterocycles. The number of para-hydroxylation sites is 2. The number of rotatable bonds is 5. The van der Waals surface area contributed by atoms with E-state index in [4.69, 9.17) is 0 Å². The summed E-state index contributed by atoms with van der Waals surface area (Å²) in [5.74, 6) is 0. The first kappa shape index (κ1) is 23.9. The lowest BCUT2D eigenvalue weighted by Gasteiger charge is -2.45. The Labute approximate surface area is 192 Å². The molecule has 0 unspecified atom stereocenters. The van der Waals surface area contributed by atoms with E-state index in [9.17, 15) is 31.4 Å². The summed E-state index contributed by atoms with van der Waals surface area (Å²) in [5.41, 5.74) is 1.46. The quantitative estimate of drug-likeness (QED) is 0.441. The predicted molar refractivity (Wildman–Crippen MR) is 118 cm³/mol. The first-order valence-corrected chi connectivity index (χ1v) is 10.6. The molecule has 0 saturated carbocycles. The van der Waals surface area contributed by atoms with Gasteiger partial charge in [-0.2, -0.15) is 26.3 Å². The van der Waals surface area contributed by atoms with Gasteiger partial charge in [-0.3, -0.25) is 0 Å². The molecule has 3 nitrogen and oxygen atoms in total. The Morgan fingerprint density at radius 2 is 1.47 bits per heavy atom. The Balaban J connectivity index is 1.74. The van der Waals surface area contributed by atoms with Crippen molar-refractivity contribution in [3.05, 3.63) is 95.6 Å². The van der Waals surface area contributed by atoms with Crippen LogP contribution in [0.2, 0.25) is 0 Å². The maximum absolute atomic E-state index is 13.2. The van der Waals surface area contributed by atoms with Crippen LogP contribution in [0, 0.1) is 0 Å². The molecule has 3 aromatic carbocycles.